The number of carbonyl (C=O) groups is 1. The van der Waals surface area contributed by atoms with E-state index in [4.69, 9.17) is 5.73 Å². The average molecular weight is 282 g/mol. The molecule has 0 saturated heterocycles. The summed E-state index contributed by atoms with van der Waals surface area (Å²) in [6.07, 6.45) is 10.9. The Morgan fingerprint density at radius 2 is 1.55 bits per heavy atom. The molecule has 4 nitrogen and oxygen atoms in total. The lowest BCUT2D eigenvalue weighted by atomic mass is 9.72. The Labute approximate surface area is 122 Å². The molecule has 0 aromatic heterocycles. The maximum Gasteiger partial charge on any atom is 0.227 e. The van der Waals surface area contributed by atoms with Crippen molar-refractivity contribution in [2.24, 2.45) is 16.6 Å². The SMILES string of the molecule is NCC1(C(=O)NCC2(CO)CCCCC2)CCCCC1. The van der Waals surface area contributed by atoms with E-state index in [1.165, 1.54) is 25.7 Å². The minimum absolute atomic E-state index is 0.0850. The van der Waals surface area contributed by atoms with Crippen LogP contribution in [0.3, 0.4) is 0 Å². The molecule has 4 N–H and O–H groups in total. The lowest BCUT2D eigenvalue weighted by Gasteiger charge is -2.39. The number of carbonyl (C=O) groups excluding carboxylic acids is 1. The smallest absolute Gasteiger partial charge is 0.227 e. The van der Waals surface area contributed by atoms with Gasteiger partial charge in [-0.05, 0) is 25.7 Å². The number of nitrogens with one attached hydrogen (secondary N) is 1. The summed E-state index contributed by atoms with van der Waals surface area (Å²) in [5.74, 6) is 0.123. The molecule has 0 unspecified atom stereocenters. The summed E-state index contributed by atoms with van der Waals surface area (Å²) in [7, 11) is 0. The molecule has 20 heavy (non-hydrogen) atoms. The van der Waals surface area contributed by atoms with Gasteiger partial charge in [-0.2, -0.15) is 0 Å². The van der Waals surface area contributed by atoms with E-state index in [9.17, 15) is 9.90 Å². The van der Waals surface area contributed by atoms with Crippen LogP contribution in [-0.2, 0) is 4.79 Å². The fourth-order valence-corrected chi connectivity index (χ4v) is 3.90. The van der Waals surface area contributed by atoms with Crippen molar-refractivity contribution < 1.29 is 9.90 Å². The highest BCUT2D eigenvalue weighted by Crippen LogP contribution is 2.38. The summed E-state index contributed by atoms with van der Waals surface area (Å²) in [4.78, 5) is 12.6. The Morgan fingerprint density at radius 1 is 1.00 bits per heavy atom. The number of hydrogen-bond donors (Lipinski definition) is 3. The second-order valence-electron chi connectivity index (χ2n) is 6.95. The lowest BCUT2D eigenvalue weighted by molar-refractivity contribution is -0.133. The van der Waals surface area contributed by atoms with E-state index in [1.54, 1.807) is 0 Å². The van der Waals surface area contributed by atoms with Gasteiger partial charge in [-0.15, -0.1) is 0 Å². The second kappa shape index (κ2) is 6.90. The van der Waals surface area contributed by atoms with Crippen LogP contribution in [0.2, 0.25) is 0 Å². The Bertz CT molecular complexity index is 318. The third-order valence-corrected chi connectivity index (χ3v) is 5.56. The molecule has 0 atom stereocenters. The van der Waals surface area contributed by atoms with E-state index >= 15 is 0 Å². The molecule has 0 bridgehead atoms. The molecule has 0 spiro atoms. The summed E-state index contributed by atoms with van der Waals surface area (Å²) < 4.78 is 0. The molecule has 2 fully saturated rings. The molecule has 2 rings (SSSR count). The molecular formula is C16H30N2O2. The molecule has 2 aliphatic carbocycles. The molecule has 1 amide bonds. The van der Waals surface area contributed by atoms with Crippen molar-refractivity contribution in [3.8, 4) is 0 Å². The van der Waals surface area contributed by atoms with Gasteiger partial charge in [-0.3, -0.25) is 4.79 Å². The van der Waals surface area contributed by atoms with E-state index in [0.29, 0.717) is 13.1 Å². The van der Waals surface area contributed by atoms with E-state index in [-0.39, 0.29) is 23.3 Å². The third kappa shape index (κ3) is 3.34. The van der Waals surface area contributed by atoms with Crippen LogP contribution in [0, 0.1) is 10.8 Å². The van der Waals surface area contributed by atoms with Gasteiger partial charge in [0, 0.05) is 18.5 Å². The minimum Gasteiger partial charge on any atom is -0.396 e. The van der Waals surface area contributed by atoms with Crippen molar-refractivity contribution >= 4 is 5.91 Å². The van der Waals surface area contributed by atoms with Gasteiger partial charge in [0.1, 0.15) is 0 Å². The molecule has 2 aliphatic rings. The normalized spacial score (nSPS) is 25.1. The topological polar surface area (TPSA) is 75.4 Å². The summed E-state index contributed by atoms with van der Waals surface area (Å²) in [6, 6.07) is 0. The Hall–Kier alpha value is -0.610. The van der Waals surface area contributed by atoms with Gasteiger partial charge in [0.15, 0.2) is 0 Å². The summed E-state index contributed by atoms with van der Waals surface area (Å²) in [5.41, 5.74) is 5.47. The Balaban J connectivity index is 1.92. The Morgan fingerprint density at radius 3 is 2.05 bits per heavy atom. The van der Waals surface area contributed by atoms with Crippen LogP contribution >= 0.6 is 0 Å². The van der Waals surface area contributed by atoms with Gasteiger partial charge in [0.2, 0.25) is 5.91 Å². The van der Waals surface area contributed by atoms with E-state index in [1.807, 2.05) is 0 Å². The summed E-state index contributed by atoms with van der Waals surface area (Å²) >= 11 is 0. The highest BCUT2D eigenvalue weighted by molar-refractivity contribution is 5.83. The van der Waals surface area contributed by atoms with Gasteiger partial charge in [0.25, 0.3) is 0 Å². The van der Waals surface area contributed by atoms with Crippen LogP contribution in [0.1, 0.15) is 64.2 Å². The maximum absolute atomic E-state index is 12.6. The molecule has 0 radical (unpaired) electrons. The first-order valence-electron chi connectivity index (χ1n) is 8.26. The molecule has 2 saturated carbocycles. The van der Waals surface area contributed by atoms with Gasteiger partial charge in [-0.25, -0.2) is 0 Å². The number of aliphatic hydroxyl groups is 1. The second-order valence-corrected chi connectivity index (χ2v) is 6.95. The van der Waals surface area contributed by atoms with Crippen LogP contribution in [0.4, 0.5) is 0 Å². The first kappa shape index (κ1) is 15.8. The van der Waals surface area contributed by atoms with Crippen LogP contribution < -0.4 is 11.1 Å². The molecule has 0 aliphatic heterocycles. The van der Waals surface area contributed by atoms with Crippen LogP contribution in [0.5, 0.6) is 0 Å². The van der Waals surface area contributed by atoms with E-state index in [2.05, 4.69) is 5.32 Å². The fraction of sp³-hybridized carbons (Fsp3) is 0.938. The zero-order chi connectivity index (χ0) is 14.5. The molecule has 116 valence electrons. The van der Waals surface area contributed by atoms with Crippen LogP contribution in [0.25, 0.3) is 0 Å². The lowest BCUT2D eigenvalue weighted by Crippen LogP contribution is -2.50. The van der Waals surface area contributed by atoms with Gasteiger partial charge in [0.05, 0.1) is 12.0 Å². The predicted octanol–water partition coefficient (Wildman–Crippen LogP) is 1.95. The number of nitrogens with two attached hydrogens (primary N) is 1. The fourth-order valence-electron chi connectivity index (χ4n) is 3.90. The zero-order valence-corrected chi connectivity index (χ0v) is 12.6. The Kier molecular flexibility index (Phi) is 5.44. The van der Waals surface area contributed by atoms with Gasteiger partial charge >= 0.3 is 0 Å². The van der Waals surface area contributed by atoms with Crippen molar-refractivity contribution in [2.45, 2.75) is 64.2 Å². The summed E-state index contributed by atoms with van der Waals surface area (Å²) in [5, 5.41) is 12.8. The maximum atomic E-state index is 12.6. The quantitative estimate of drug-likeness (QED) is 0.721. The molecular weight excluding hydrogens is 252 g/mol. The minimum atomic E-state index is -0.344. The zero-order valence-electron chi connectivity index (χ0n) is 12.6. The van der Waals surface area contributed by atoms with Gasteiger partial charge in [-0.1, -0.05) is 38.5 Å². The molecule has 0 heterocycles. The molecule has 0 aromatic rings. The molecule has 4 heteroatoms. The number of amides is 1. The van der Waals surface area contributed by atoms with E-state index < -0.39 is 0 Å². The highest BCUT2D eigenvalue weighted by Gasteiger charge is 2.39. The summed E-state index contributed by atoms with van der Waals surface area (Å²) in [6.45, 7) is 1.25. The van der Waals surface area contributed by atoms with Gasteiger partial charge < -0.3 is 16.2 Å². The van der Waals surface area contributed by atoms with Crippen molar-refractivity contribution in [1.82, 2.24) is 5.32 Å². The number of hydrogen-bond acceptors (Lipinski definition) is 3. The number of aliphatic hydroxyl groups excluding tert-OH is 1. The van der Waals surface area contributed by atoms with Crippen molar-refractivity contribution in [1.29, 1.82) is 0 Å². The monoisotopic (exact) mass is 282 g/mol. The predicted molar refractivity (Wildman–Crippen MR) is 80.2 cm³/mol. The van der Waals surface area contributed by atoms with Crippen molar-refractivity contribution in [3.63, 3.8) is 0 Å². The van der Waals surface area contributed by atoms with E-state index in [0.717, 1.165) is 38.5 Å². The largest absolute Gasteiger partial charge is 0.396 e. The standard InChI is InChI=1S/C16H30N2O2/c17-11-16(9-5-2-6-10-16)14(20)18-12-15(13-19)7-3-1-4-8-15/h19H,1-13,17H2,(H,18,20). The van der Waals surface area contributed by atoms with Crippen molar-refractivity contribution in [2.75, 3.05) is 19.7 Å². The molecule has 0 aromatic carbocycles. The third-order valence-electron chi connectivity index (χ3n) is 5.56. The van der Waals surface area contributed by atoms with Crippen LogP contribution in [0.15, 0.2) is 0 Å². The highest BCUT2D eigenvalue weighted by atomic mass is 16.3. The number of rotatable bonds is 5. The average Bonchev–Trinajstić information content (AvgIpc) is 2.54. The van der Waals surface area contributed by atoms with Crippen LogP contribution in [-0.4, -0.2) is 30.7 Å². The first-order chi connectivity index (χ1) is 9.66. The first-order valence-corrected chi connectivity index (χ1v) is 8.26. The van der Waals surface area contributed by atoms with Crippen molar-refractivity contribution in [3.05, 3.63) is 0 Å².